The summed E-state index contributed by atoms with van der Waals surface area (Å²) in [6.07, 6.45) is 1.41. The molecule has 0 atom stereocenters. The highest BCUT2D eigenvalue weighted by Gasteiger charge is 2.29. The number of amides is 1. The molecule has 0 aliphatic carbocycles. The number of hydrogen-bond donors (Lipinski definition) is 1. The zero-order valence-electron chi connectivity index (χ0n) is 22.9. The van der Waals surface area contributed by atoms with Gasteiger partial charge in [-0.05, 0) is 90.8 Å². The van der Waals surface area contributed by atoms with Crippen LogP contribution in [0.4, 0.5) is 11.4 Å². The van der Waals surface area contributed by atoms with Gasteiger partial charge in [-0.1, -0.05) is 23.7 Å². The fourth-order valence-electron chi connectivity index (χ4n) is 3.85. The number of halogens is 1. The van der Waals surface area contributed by atoms with Crippen molar-refractivity contribution in [2.24, 2.45) is 5.10 Å². The molecule has 1 N–H and O–H groups in total. The van der Waals surface area contributed by atoms with Crippen molar-refractivity contribution < 1.29 is 27.6 Å². The Bertz CT molecular complexity index is 1700. The number of rotatable bonds is 13. The number of nitro groups is 1. The first-order chi connectivity index (χ1) is 20.7. The third kappa shape index (κ3) is 8.31. The molecule has 0 saturated heterocycles. The fourth-order valence-corrected chi connectivity index (χ4v) is 5.41. The van der Waals surface area contributed by atoms with Gasteiger partial charge in [0.2, 0.25) is 0 Å². The number of hydrogen-bond acceptors (Lipinski definition) is 8. The number of sulfonamides is 1. The van der Waals surface area contributed by atoms with E-state index in [9.17, 15) is 23.3 Å². The molecule has 0 bridgehead atoms. The van der Waals surface area contributed by atoms with Crippen LogP contribution in [0.3, 0.4) is 0 Å². The van der Waals surface area contributed by atoms with E-state index in [1.807, 2.05) is 0 Å². The predicted molar refractivity (Wildman–Crippen MR) is 163 cm³/mol. The number of nitrogens with zero attached hydrogens (tertiary/aromatic N) is 3. The molecule has 4 aromatic rings. The van der Waals surface area contributed by atoms with Crippen molar-refractivity contribution in [1.29, 1.82) is 0 Å². The first-order valence-corrected chi connectivity index (χ1v) is 14.8. The molecule has 4 aromatic carbocycles. The van der Waals surface area contributed by atoms with Crippen molar-refractivity contribution in [3.05, 3.63) is 123 Å². The lowest BCUT2D eigenvalue weighted by Crippen LogP contribution is -2.39. The number of hydrazone groups is 1. The standard InChI is InChI=1S/C30H27ClN4O7S/c1-2-41-29-6-4-3-5-28(29)34(43(39,40)27-17-11-24(31)12-18-27)20-30(36)33-32-19-22-9-15-26(16-10-22)42-21-23-7-13-25(14-8-23)35(37)38/h3-19H,2,20-21H2,1H3,(H,33,36)/b32-19-. The Labute approximate surface area is 253 Å². The van der Waals surface area contributed by atoms with E-state index in [4.69, 9.17) is 21.1 Å². The summed E-state index contributed by atoms with van der Waals surface area (Å²) in [7, 11) is -4.18. The summed E-state index contributed by atoms with van der Waals surface area (Å²) < 4.78 is 39.5. The molecule has 4 rings (SSSR count). The maximum Gasteiger partial charge on any atom is 0.269 e. The zero-order chi connectivity index (χ0) is 30.8. The molecule has 0 unspecified atom stereocenters. The van der Waals surface area contributed by atoms with Gasteiger partial charge < -0.3 is 9.47 Å². The van der Waals surface area contributed by atoms with Crippen LogP contribution in [0.2, 0.25) is 5.02 Å². The topological polar surface area (TPSA) is 140 Å². The summed E-state index contributed by atoms with van der Waals surface area (Å²) in [5.41, 5.74) is 4.00. The van der Waals surface area contributed by atoms with Crippen LogP contribution in [-0.4, -0.2) is 38.6 Å². The quantitative estimate of drug-likeness (QED) is 0.117. The predicted octanol–water partition coefficient (Wildman–Crippen LogP) is 5.57. The summed E-state index contributed by atoms with van der Waals surface area (Å²) >= 11 is 5.95. The van der Waals surface area contributed by atoms with Crippen LogP contribution in [0.5, 0.6) is 11.5 Å². The molecule has 0 heterocycles. The Hall–Kier alpha value is -4.94. The van der Waals surface area contributed by atoms with Crippen molar-refractivity contribution >= 4 is 45.1 Å². The van der Waals surface area contributed by atoms with Gasteiger partial charge in [-0.3, -0.25) is 19.2 Å². The third-order valence-corrected chi connectivity index (χ3v) is 7.98. The lowest BCUT2D eigenvalue weighted by Gasteiger charge is -2.25. The highest BCUT2D eigenvalue weighted by molar-refractivity contribution is 7.92. The van der Waals surface area contributed by atoms with Crippen LogP contribution in [0.1, 0.15) is 18.1 Å². The number of nitro benzene ring substituents is 1. The first-order valence-electron chi connectivity index (χ1n) is 13.0. The lowest BCUT2D eigenvalue weighted by atomic mass is 10.2. The average Bonchev–Trinajstić information content (AvgIpc) is 3.00. The Morgan fingerprint density at radius 3 is 2.30 bits per heavy atom. The van der Waals surface area contributed by atoms with Gasteiger partial charge in [-0.25, -0.2) is 13.8 Å². The van der Waals surface area contributed by atoms with Crippen molar-refractivity contribution in [3.63, 3.8) is 0 Å². The van der Waals surface area contributed by atoms with Gasteiger partial charge in [0.25, 0.3) is 21.6 Å². The van der Waals surface area contributed by atoms with Crippen molar-refractivity contribution in [3.8, 4) is 11.5 Å². The number of carbonyl (C=O) groups is 1. The number of carbonyl (C=O) groups excluding carboxylic acids is 1. The van der Waals surface area contributed by atoms with Gasteiger partial charge in [0, 0.05) is 17.2 Å². The second-order valence-corrected chi connectivity index (χ2v) is 11.2. The van der Waals surface area contributed by atoms with Crippen molar-refractivity contribution in [2.75, 3.05) is 17.5 Å². The summed E-state index contributed by atoms with van der Waals surface area (Å²) in [5, 5.41) is 15.1. The Kier molecular flexibility index (Phi) is 10.3. The SMILES string of the molecule is CCOc1ccccc1N(CC(=O)N/N=C\c1ccc(OCc2ccc([N+](=O)[O-])cc2)cc1)S(=O)(=O)c1ccc(Cl)cc1. The number of ether oxygens (including phenoxy) is 2. The molecular weight excluding hydrogens is 596 g/mol. The monoisotopic (exact) mass is 622 g/mol. The molecule has 43 heavy (non-hydrogen) atoms. The molecule has 0 aromatic heterocycles. The summed E-state index contributed by atoms with van der Waals surface area (Å²) in [6.45, 7) is 1.72. The van der Waals surface area contributed by atoms with Gasteiger partial charge in [0.1, 0.15) is 24.7 Å². The van der Waals surface area contributed by atoms with Gasteiger partial charge in [0.15, 0.2) is 0 Å². The second kappa shape index (κ2) is 14.3. The second-order valence-electron chi connectivity index (χ2n) is 8.94. The number of non-ortho nitro benzene ring substituents is 1. The van der Waals surface area contributed by atoms with Gasteiger partial charge in [0.05, 0.1) is 28.3 Å². The van der Waals surface area contributed by atoms with Crippen LogP contribution in [0, 0.1) is 10.1 Å². The largest absolute Gasteiger partial charge is 0.492 e. The highest BCUT2D eigenvalue weighted by Crippen LogP contribution is 2.32. The van der Waals surface area contributed by atoms with E-state index in [2.05, 4.69) is 10.5 Å². The fraction of sp³-hybridized carbons (Fsp3) is 0.133. The molecule has 222 valence electrons. The van der Waals surface area contributed by atoms with E-state index in [0.29, 0.717) is 28.7 Å². The van der Waals surface area contributed by atoms with Crippen LogP contribution >= 0.6 is 11.6 Å². The number of para-hydroxylation sites is 2. The van der Waals surface area contributed by atoms with Crippen LogP contribution in [0.15, 0.2) is 107 Å². The summed E-state index contributed by atoms with van der Waals surface area (Å²) in [4.78, 5) is 23.2. The van der Waals surface area contributed by atoms with Crippen LogP contribution in [0.25, 0.3) is 0 Å². The molecule has 0 radical (unpaired) electrons. The van der Waals surface area contributed by atoms with E-state index in [1.165, 1.54) is 42.6 Å². The van der Waals surface area contributed by atoms with Crippen LogP contribution in [-0.2, 0) is 21.4 Å². The minimum Gasteiger partial charge on any atom is -0.492 e. The van der Waals surface area contributed by atoms with E-state index in [0.717, 1.165) is 9.87 Å². The van der Waals surface area contributed by atoms with E-state index in [1.54, 1.807) is 67.6 Å². The first kappa shape index (κ1) is 31.0. The van der Waals surface area contributed by atoms with Crippen LogP contribution < -0.4 is 19.2 Å². The van der Waals surface area contributed by atoms with E-state index >= 15 is 0 Å². The maximum absolute atomic E-state index is 13.6. The molecule has 0 spiro atoms. The Morgan fingerprint density at radius 1 is 0.977 bits per heavy atom. The molecule has 0 aliphatic rings. The molecule has 0 saturated carbocycles. The zero-order valence-corrected chi connectivity index (χ0v) is 24.5. The number of anilines is 1. The molecule has 0 aliphatic heterocycles. The summed E-state index contributed by atoms with van der Waals surface area (Å²) in [5.74, 6) is 0.188. The van der Waals surface area contributed by atoms with Gasteiger partial charge in [-0.2, -0.15) is 5.10 Å². The molecule has 1 amide bonds. The Morgan fingerprint density at radius 2 is 1.65 bits per heavy atom. The van der Waals surface area contributed by atoms with Crippen molar-refractivity contribution in [1.82, 2.24) is 5.43 Å². The maximum atomic E-state index is 13.6. The Balaban J connectivity index is 1.42. The van der Waals surface area contributed by atoms with Gasteiger partial charge in [-0.15, -0.1) is 0 Å². The lowest BCUT2D eigenvalue weighted by molar-refractivity contribution is -0.384. The highest BCUT2D eigenvalue weighted by atomic mass is 35.5. The third-order valence-electron chi connectivity index (χ3n) is 5.96. The molecular formula is C30H27ClN4O7S. The van der Waals surface area contributed by atoms with E-state index < -0.39 is 27.4 Å². The minimum absolute atomic E-state index is 0.00527. The normalized spacial score (nSPS) is 11.2. The number of nitrogens with one attached hydrogen (secondary N) is 1. The van der Waals surface area contributed by atoms with E-state index in [-0.39, 0.29) is 22.9 Å². The molecule has 11 nitrogen and oxygen atoms in total. The van der Waals surface area contributed by atoms with Crippen molar-refractivity contribution in [2.45, 2.75) is 18.4 Å². The molecule has 13 heteroatoms. The smallest absolute Gasteiger partial charge is 0.269 e. The number of benzene rings is 4. The van der Waals surface area contributed by atoms with Gasteiger partial charge >= 0.3 is 0 Å². The summed E-state index contributed by atoms with van der Waals surface area (Å²) in [6, 6.07) is 25.1. The minimum atomic E-state index is -4.18. The average molecular weight is 623 g/mol. The molecule has 0 fully saturated rings.